The first-order valence-electron chi connectivity index (χ1n) is 8.13. The van der Waals surface area contributed by atoms with Crippen molar-refractivity contribution in [3.05, 3.63) is 0 Å². The molecular formula is C16H26BrNO. The summed E-state index contributed by atoms with van der Waals surface area (Å²) < 4.78 is 0. The minimum atomic E-state index is 0.461. The van der Waals surface area contributed by atoms with Crippen molar-refractivity contribution in [3.63, 3.8) is 0 Å². The first-order chi connectivity index (χ1) is 9.28. The molecule has 1 heterocycles. The van der Waals surface area contributed by atoms with Gasteiger partial charge in [0.1, 0.15) is 0 Å². The molecule has 4 unspecified atom stereocenters. The van der Waals surface area contributed by atoms with E-state index in [9.17, 15) is 4.79 Å². The second kappa shape index (κ2) is 6.15. The lowest BCUT2D eigenvalue weighted by Gasteiger charge is -2.37. The number of carbonyl (C=O) groups excluding carboxylic acids is 1. The molecular weight excluding hydrogens is 302 g/mol. The van der Waals surface area contributed by atoms with Gasteiger partial charge in [-0.1, -0.05) is 22.4 Å². The lowest BCUT2D eigenvalue weighted by molar-refractivity contribution is -0.136. The topological polar surface area (TPSA) is 20.3 Å². The van der Waals surface area contributed by atoms with E-state index in [4.69, 9.17) is 0 Å². The van der Waals surface area contributed by atoms with Crippen LogP contribution in [-0.4, -0.2) is 28.7 Å². The van der Waals surface area contributed by atoms with Crippen LogP contribution in [0.4, 0.5) is 0 Å². The fourth-order valence-electron chi connectivity index (χ4n) is 4.72. The predicted molar refractivity (Wildman–Crippen MR) is 81.3 cm³/mol. The van der Waals surface area contributed by atoms with Gasteiger partial charge in [-0.05, 0) is 62.7 Å². The molecule has 19 heavy (non-hydrogen) atoms. The molecule has 1 saturated heterocycles. The number of carbonyl (C=O) groups is 1. The van der Waals surface area contributed by atoms with E-state index in [1.807, 2.05) is 0 Å². The fourth-order valence-corrected chi connectivity index (χ4v) is 5.25. The van der Waals surface area contributed by atoms with Gasteiger partial charge in [0, 0.05) is 24.3 Å². The van der Waals surface area contributed by atoms with E-state index in [1.54, 1.807) is 0 Å². The Balaban J connectivity index is 1.56. The molecule has 4 atom stereocenters. The highest BCUT2D eigenvalue weighted by Gasteiger charge is 2.41. The molecule has 0 aromatic rings. The predicted octanol–water partition coefficient (Wildman–Crippen LogP) is 3.98. The van der Waals surface area contributed by atoms with Crippen LogP contribution in [0.3, 0.4) is 0 Å². The average molecular weight is 328 g/mol. The summed E-state index contributed by atoms with van der Waals surface area (Å²) in [6.07, 6.45) is 11.3. The SMILES string of the molecule is O=C(CC1CC2CCC1C2)N1CCCCC1CCBr. The molecule has 0 N–H and O–H groups in total. The van der Waals surface area contributed by atoms with E-state index >= 15 is 0 Å². The largest absolute Gasteiger partial charge is 0.340 e. The summed E-state index contributed by atoms with van der Waals surface area (Å²) in [6, 6.07) is 0.513. The van der Waals surface area contributed by atoms with Crippen LogP contribution >= 0.6 is 15.9 Å². The standard InChI is InChI=1S/C16H26BrNO/c17-7-6-15-3-1-2-8-18(15)16(19)11-14-10-12-4-5-13(14)9-12/h12-15H,1-11H2. The van der Waals surface area contributed by atoms with Crippen molar-refractivity contribution in [2.24, 2.45) is 17.8 Å². The molecule has 1 aliphatic heterocycles. The van der Waals surface area contributed by atoms with Gasteiger partial charge in [0.15, 0.2) is 0 Å². The number of hydrogen-bond donors (Lipinski definition) is 0. The number of nitrogens with zero attached hydrogens (tertiary/aromatic N) is 1. The van der Waals surface area contributed by atoms with Crippen molar-refractivity contribution in [3.8, 4) is 0 Å². The number of halogens is 1. The Morgan fingerprint density at radius 3 is 2.74 bits per heavy atom. The second-order valence-corrected chi connectivity index (χ2v) is 7.65. The molecule has 3 fully saturated rings. The zero-order valence-corrected chi connectivity index (χ0v) is 13.4. The molecule has 1 amide bonds. The first kappa shape index (κ1) is 13.9. The van der Waals surface area contributed by atoms with Crippen LogP contribution in [0.5, 0.6) is 0 Å². The van der Waals surface area contributed by atoms with E-state index in [1.165, 1.54) is 44.9 Å². The molecule has 3 heteroatoms. The number of piperidine rings is 1. The van der Waals surface area contributed by atoms with Crippen molar-refractivity contribution in [1.82, 2.24) is 4.90 Å². The Morgan fingerprint density at radius 1 is 1.16 bits per heavy atom. The molecule has 108 valence electrons. The third-order valence-electron chi connectivity index (χ3n) is 5.71. The average Bonchev–Trinajstić information content (AvgIpc) is 3.02. The van der Waals surface area contributed by atoms with Gasteiger partial charge in [0.05, 0.1) is 0 Å². The van der Waals surface area contributed by atoms with Crippen molar-refractivity contribution in [2.45, 2.75) is 63.8 Å². The van der Waals surface area contributed by atoms with Gasteiger partial charge in [0.25, 0.3) is 0 Å². The highest BCUT2D eigenvalue weighted by atomic mass is 79.9. The molecule has 0 aromatic carbocycles. The van der Waals surface area contributed by atoms with Gasteiger partial charge < -0.3 is 4.90 Å². The molecule has 2 nitrogen and oxygen atoms in total. The maximum atomic E-state index is 12.6. The second-order valence-electron chi connectivity index (χ2n) is 6.85. The number of amides is 1. The Hall–Kier alpha value is -0.0500. The van der Waals surface area contributed by atoms with E-state index in [-0.39, 0.29) is 0 Å². The number of likely N-dealkylation sites (tertiary alicyclic amines) is 1. The van der Waals surface area contributed by atoms with E-state index in [0.29, 0.717) is 11.9 Å². The lowest BCUT2D eigenvalue weighted by atomic mass is 9.85. The van der Waals surface area contributed by atoms with Crippen LogP contribution in [0.2, 0.25) is 0 Å². The smallest absolute Gasteiger partial charge is 0.223 e. The van der Waals surface area contributed by atoms with Crippen molar-refractivity contribution >= 4 is 21.8 Å². The van der Waals surface area contributed by atoms with Gasteiger partial charge in [-0.2, -0.15) is 0 Å². The summed E-state index contributed by atoms with van der Waals surface area (Å²) in [4.78, 5) is 14.8. The minimum Gasteiger partial charge on any atom is -0.340 e. The van der Waals surface area contributed by atoms with E-state index in [2.05, 4.69) is 20.8 Å². The van der Waals surface area contributed by atoms with Gasteiger partial charge >= 0.3 is 0 Å². The summed E-state index contributed by atoms with van der Waals surface area (Å²) >= 11 is 3.54. The van der Waals surface area contributed by atoms with Crippen LogP contribution in [0, 0.1) is 17.8 Å². The summed E-state index contributed by atoms with van der Waals surface area (Å²) in [7, 11) is 0. The van der Waals surface area contributed by atoms with E-state index in [0.717, 1.165) is 42.5 Å². The molecule has 2 aliphatic carbocycles. The molecule has 0 spiro atoms. The highest BCUT2D eigenvalue weighted by Crippen LogP contribution is 2.49. The Bertz CT molecular complexity index is 331. The van der Waals surface area contributed by atoms with Gasteiger partial charge in [0.2, 0.25) is 5.91 Å². The number of alkyl halides is 1. The van der Waals surface area contributed by atoms with Crippen molar-refractivity contribution in [2.75, 3.05) is 11.9 Å². The number of rotatable bonds is 4. The summed E-state index contributed by atoms with van der Waals surface area (Å²) in [5.74, 6) is 3.02. The maximum absolute atomic E-state index is 12.6. The minimum absolute atomic E-state index is 0.461. The zero-order valence-electron chi connectivity index (χ0n) is 11.8. The Labute approximate surface area is 125 Å². The first-order valence-corrected chi connectivity index (χ1v) is 9.25. The number of hydrogen-bond acceptors (Lipinski definition) is 1. The lowest BCUT2D eigenvalue weighted by Crippen LogP contribution is -2.44. The quantitative estimate of drug-likeness (QED) is 0.715. The van der Waals surface area contributed by atoms with Crippen LogP contribution in [-0.2, 0) is 4.79 Å². The van der Waals surface area contributed by atoms with Crippen LogP contribution in [0.1, 0.15) is 57.8 Å². The molecule has 0 radical (unpaired) electrons. The summed E-state index contributed by atoms with van der Waals surface area (Å²) in [5.41, 5.74) is 0. The van der Waals surface area contributed by atoms with Crippen LogP contribution in [0.25, 0.3) is 0 Å². The van der Waals surface area contributed by atoms with Crippen molar-refractivity contribution < 1.29 is 4.79 Å². The van der Waals surface area contributed by atoms with Gasteiger partial charge in [-0.15, -0.1) is 0 Å². The van der Waals surface area contributed by atoms with Crippen LogP contribution < -0.4 is 0 Å². The zero-order chi connectivity index (χ0) is 13.2. The summed E-state index contributed by atoms with van der Waals surface area (Å²) in [6.45, 7) is 1.01. The summed E-state index contributed by atoms with van der Waals surface area (Å²) in [5, 5.41) is 1.02. The molecule has 0 aromatic heterocycles. The van der Waals surface area contributed by atoms with Crippen molar-refractivity contribution in [1.29, 1.82) is 0 Å². The molecule has 3 aliphatic rings. The molecule has 2 bridgehead atoms. The normalized spacial score (nSPS) is 37.8. The highest BCUT2D eigenvalue weighted by molar-refractivity contribution is 9.09. The van der Waals surface area contributed by atoms with Gasteiger partial charge in [-0.3, -0.25) is 4.79 Å². The fraction of sp³-hybridized carbons (Fsp3) is 0.938. The van der Waals surface area contributed by atoms with Gasteiger partial charge in [-0.25, -0.2) is 0 Å². The number of fused-ring (bicyclic) bond motifs is 2. The Morgan fingerprint density at radius 2 is 2.05 bits per heavy atom. The van der Waals surface area contributed by atoms with Crippen LogP contribution in [0.15, 0.2) is 0 Å². The molecule has 2 saturated carbocycles. The third kappa shape index (κ3) is 3.01. The van der Waals surface area contributed by atoms with E-state index < -0.39 is 0 Å². The maximum Gasteiger partial charge on any atom is 0.223 e. The third-order valence-corrected chi connectivity index (χ3v) is 6.17. The molecule has 3 rings (SSSR count). The monoisotopic (exact) mass is 327 g/mol. The Kier molecular flexibility index (Phi) is 4.51.